The van der Waals surface area contributed by atoms with Crippen molar-refractivity contribution in [3.8, 4) is 23.0 Å². The van der Waals surface area contributed by atoms with Crippen LogP contribution in [0.4, 0.5) is 0 Å². The standard InChI is InChI=1S/C20H19BrN2O5/c1-12(2)27-16-9-6-14(10-17(16)25-3)20(24)26-11-18-22-23-19(28-18)13-4-7-15(21)8-5-13/h4-10,12H,11H2,1-3H3. The van der Waals surface area contributed by atoms with E-state index in [1.54, 1.807) is 18.2 Å². The molecule has 8 heteroatoms. The molecule has 2 aromatic carbocycles. The lowest BCUT2D eigenvalue weighted by atomic mass is 10.2. The van der Waals surface area contributed by atoms with Crippen LogP contribution >= 0.6 is 15.9 Å². The van der Waals surface area contributed by atoms with Gasteiger partial charge in [0.05, 0.1) is 18.8 Å². The first-order valence-electron chi connectivity index (χ1n) is 8.56. The van der Waals surface area contributed by atoms with E-state index in [1.165, 1.54) is 7.11 Å². The number of ether oxygens (including phenoxy) is 3. The largest absolute Gasteiger partial charge is 0.493 e. The van der Waals surface area contributed by atoms with Crippen LogP contribution in [0.5, 0.6) is 11.5 Å². The maximum absolute atomic E-state index is 12.3. The Morgan fingerprint density at radius 3 is 2.54 bits per heavy atom. The quantitative estimate of drug-likeness (QED) is 0.488. The van der Waals surface area contributed by atoms with Crippen LogP contribution in [0.1, 0.15) is 30.1 Å². The van der Waals surface area contributed by atoms with Gasteiger partial charge in [-0.15, -0.1) is 10.2 Å². The highest BCUT2D eigenvalue weighted by Gasteiger charge is 2.15. The van der Waals surface area contributed by atoms with Gasteiger partial charge in [0.2, 0.25) is 5.89 Å². The predicted molar refractivity (Wildman–Crippen MR) is 105 cm³/mol. The van der Waals surface area contributed by atoms with Crippen LogP contribution < -0.4 is 9.47 Å². The number of aromatic nitrogens is 2. The first-order valence-corrected chi connectivity index (χ1v) is 9.35. The van der Waals surface area contributed by atoms with Gasteiger partial charge in [0, 0.05) is 10.0 Å². The molecule has 0 aliphatic heterocycles. The van der Waals surface area contributed by atoms with Crippen LogP contribution in [0.2, 0.25) is 0 Å². The predicted octanol–water partition coefficient (Wildman–Crippen LogP) is 4.65. The Kier molecular flexibility index (Phi) is 6.30. The van der Waals surface area contributed by atoms with E-state index in [1.807, 2.05) is 38.1 Å². The summed E-state index contributed by atoms with van der Waals surface area (Å²) in [6, 6.07) is 12.3. The summed E-state index contributed by atoms with van der Waals surface area (Å²) < 4.78 is 22.7. The lowest BCUT2D eigenvalue weighted by molar-refractivity contribution is 0.0438. The van der Waals surface area contributed by atoms with E-state index in [0.29, 0.717) is 23.0 Å². The van der Waals surface area contributed by atoms with E-state index in [0.717, 1.165) is 10.0 Å². The van der Waals surface area contributed by atoms with Gasteiger partial charge in [0.25, 0.3) is 5.89 Å². The highest BCUT2D eigenvalue weighted by Crippen LogP contribution is 2.29. The van der Waals surface area contributed by atoms with E-state index in [9.17, 15) is 4.79 Å². The molecular formula is C20H19BrN2O5. The molecule has 0 saturated heterocycles. The average Bonchev–Trinajstić information content (AvgIpc) is 3.15. The summed E-state index contributed by atoms with van der Waals surface area (Å²) >= 11 is 3.37. The van der Waals surface area contributed by atoms with E-state index in [-0.39, 0.29) is 18.6 Å². The number of hydrogen-bond donors (Lipinski definition) is 0. The molecule has 0 spiro atoms. The first kappa shape index (κ1) is 19.9. The number of nitrogens with zero attached hydrogens (tertiary/aromatic N) is 2. The van der Waals surface area contributed by atoms with Gasteiger partial charge in [0.1, 0.15) is 0 Å². The van der Waals surface area contributed by atoms with Crippen molar-refractivity contribution in [2.75, 3.05) is 7.11 Å². The second kappa shape index (κ2) is 8.88. The number of rotatable bonds is 7. The van der Waals surface area contributed by atoms with Gasteiger partial charge in [0.15, 0.2) is 18.1 Å². The fraction of sp³-hybridized carbons (Fsp3) is 0.250. The summed E-state index contributed by atoms with van der Waals surface area (Å²) in [7, 11) is 1.51. The van der Waals surface area contributed by atoms with Crippen molar-refractivity contribution in [2.24, 2.45) is 0 Å². The fourth-order valence-electron chi connectivity index (χ4n) is 2.38. The van der Waals surface area contributed by atoms with Gasteiger partial charge in [-0.05, 0) is 56.3 Å². The van der Waals surface area contributed by atoms with Crippen molar-refractivity contribution in [2.45, 2.75) is 26.6 Å². The van der Waals surface area contributed by atoms with Gasteiger partial charge in [-0.1, -0.05) is 15.9 Å². The molecule has 0 amide bonds. The molecule has 0 aliphatic rings. The Morgan fingerprint density at radius 2 is 1.86 bits per heavy atom. The van der Waals surface area contributed by atoms with Crippen LogP contribution in [-0.4, -0.2) is 29.4 Å². The average molecular weight is 447 g/mol. The monoisotopic (exact) mass is 446 g/mol. The first-order chi connectivity index (χ1) is 13.5. The molecule has 0 saturated carbocycles. The highest BCUT2D eigenvalue weighted by molar-refractivity contribution is 9.10. The third-order valence-corrected chi connectivity index (χ3v) is 4.18. The van der Waals surface area contributed by atoms with Crippen LogP contribution in [0, 0.1) is 0 Å². The van der Waals surface area contributed by atoms with Crippen LogP contribution in [-0.2, 0) is 11.3 Å². The number of halogens is 1. The molecule has 1 heterocycles. The number of esters is 1. The minimum Gasteiger partial charge on any atom is -0.493 e. The van der Waals surface area contributed by atoms with E-state index in [2.05, 4.69) is 26.1 Å². The highest BCUT2D eigenvalue weighted by atomic mass is 79.9. The number of carbonyl (C=O) groups excluding carboxylic acids is 1. The zero-order chi connectivity index (χ0) is 20.1. The summed E-state index contributed by atoms with van der Waals surface area (Å²) in [5, 5.41) is 7.88. The molecule has 3 rings (SSSR count). The number of benzene rings is 2. The Bertz CT molecular complexity index is 953. The Morgan fingerprint density at radius 1 is 1.11 bits per heavy atom. The van der Waals surface area contributed by atoms with E-state index in [4.69, 9.17) is 18.6 Å². The Hall–Kier alpha value is -2.87. The van der Waals surface area contributed by atoms with Crippen LogP contribution in [0.25, 0.3) is 11.5 Å². The van der Waals surface area contributed by atoms with Gasteiger partial charge in [-0.2, -0.15) is 0 Å². The second-order valence-electron chi connectivity index (χ2n) is 6.12. The van der Waals surface area contributed by atoms with Crippen molar-refractivity contribution < 1.29 is 23.4 Å². The van der Waals surface area contributed by atoms with E-state index >= 15 is 0 Å². The molecule has 0 aliphatic carbocycles. The number of carbonyl (C=O) groups is 1. The number of methoxy groups -OCH3 is 1. The smallest absolute Gasteiger partial charge is 0.338 e. The normalized spacial score (nSPS) is 10.8. The summed E-state index contributed by atoms with van der Waals surface area (Å²) in [6.07, 6.45) is -0.0100. The van der Waals surface area contributed by atoms with Crippen molar-refractivity contribution >= 4 is 21.9 Å². The molecule has 1 aromatic heterocycles. The zero-order valence-electron chi connectivity index (χ0n) is 15.6. The lowest BCUT2D eigenvalue weighted by Gasteiger charge is -2.14. The van der Waals surface area contributed by atoms with Crippen molar-refractivity contribution in [3.05, 3.63) is 58.4 Å². The van der Waals surface area contributed by atoms with Crippen molar-refractivity contribution in [1.82, 2.24) is 10.2 Å². The Balaban J connectivity index is 1.65. The molecule has 0 unspecified atom stereocenters. The fourth-order valence-corrected chi connectivity index (χ4v) is 2.64. The zero-order valence-corrected chi connectivity index (χ0v) is 17.2. The van der Waals surface area contributed by atoms with Gasteiger partial charge in [-0.25, -0.2) is 4.79 Å². The summed E-state index contributed by atoms with van der Waals surface area (Å²) in [4.78, 5) is 12.3. The van der Waals surface area contributed by atoms with Gasteiger partial charge in [-0.3, -0.25) is 0 Å². The van der Waals surface area contributed by atoms with Crippen molar-refractivity contribution in [3.63, 3.8) is 0 Å². The molecule has 28 heavy (non-hydrogen) atoms. The maximum atomic E-state index is 12.3. The van der Waals surface area contributed by atoms with Gasteiger partial charge >= 0.3 is 5.97 Å². The molecule has 0 fully saturated rings. The van der Waals surface area contributed by atoms with Crippen LogP contribution in [0.3, 0.4) is 0 Å². The second-order valence-corrected chi connectivity index (χ2v) is 7.03. The molecule has 146 valence electrons. The summed E-state index contributed by atoms with van der Waals surface area (Å²) in [6.45, 7) is 3.69. The molecular weight excluding hydrogens is 428 g/mol. The third kappa shape index (κ3) is 4.89. The molecule has 0 bridgehead atoms. The SMILES string of the molecule is COc1cc(C(=O)OCc2nnc(-c3ccc(Br)cc3)o2)ccc1OC(C)C. The van der Waals surface area contributed by atoms with E-state index < -0.39 is 5.97 Å². The minimum absolute atomic E-state index is 0.0100. The lowest BCUT2D eigenvalue weighted by Crippen LogP contribution is -2.09. The molecule has 0 N–H and O–H groups in total. The number of hydrogen-bond acceptors (Lipinski definition) is 7. The van der Waals surface area contributed by atoms with Crippen LogP contribution in [0.15, 0.2) is 51.4 Å². The molecule has 3 aromatic rings. The Labute approximate surface area is 170 Å². The molecule has 0 atom stereocenters. The minimum atomic E-state index is -0.530. The van der Waals surface area contributed by atoms with Gasteiger partial charge < -0.3 is 18.6 Å². The molecule has 7 nitrogen and oxygen atoms in total. The maximum Gasteiger partial charge on any atom is 0.338 e. The summed E-state index contributed by atoms with van der Waals surface area (Å²) in [5.74, 6) is 1.05. The molecule has 0 radical (unpaired) electrons. The third-order valence-electron chi connectivity index (χ3n) is 3.65. The summed E-state index contributed by atoms with van der Waals surface area (Å²) in [5.41, 5.74) is 1.11. The topological polar surface area (TPSA) is 83.7 Å². The van der Waals surface area contributed by atoms with Crippen molar-refractivity contribution in [1.29, 1.82) is 0 Å².